The van der Waals surface area contributed by atoms with E-state index >= 15 is 0 Å². The van der Waals surface area contributed by atoms with E-state index in [1.807, 2.05) is 42.4 Å². The van der Waals surface area contributed by atoms with Gasteiger partial charge < -0.3 is 11.5 Å². The fourth-order valence-corrected chi connectivity index (χ4v) is 2.68. The molecular weight excluding hydrogens is 340 g/mol. The molecule has 0 aliphatic heterocycles. The van der Waals surface area contributed by atoms with Gasteiger partial charge in [0.2, 0.25) is 0 Å². The maximum absolute atomic E-state index is 6.17. The molecule has 0 fully saturated rings. The third-order valence-corrected chi connectivity index (χ3v) is 4.01. The van der Waals surface area contributed by atoms with Crippen LogP contribution in [-0.2, 0) is 6.54 Å². The van der Waals surface area contributed by atoms with E-state index in [0.717, 1.165) is 16.7 Å². The van der Waals surface area contributed by atoms with E-state index in [4.69, 9.17) is 11.5 Å². The third-order valence-electron chi connectivity index (χ3n) is 4.01. The lowest BCUT2D eigenvalue weighted by Crippen LogP contribution is -2.36. The van der Waals surface area contributed by atoms with E-state index in [1.54, 1.807) is 25.5 Å². The molecule has 0 aliphatic carbocycles. The van der Waals surface area contributed by atoms with E-state index in [2.05, 4.69) is 25.4 Å². The number of nitrogens with zero attached hydrogens (tertiary/aromatic N) is 5. The highest BCUT2D eigenvalue weighted by Crippen LogP contribution is 2.23. The Labute approximate surface area is 157 Å². The molecule has 0 saturated carbocycles. The Kier molecular flexibility index (Phi) is 5.58. The number of allylic oxidation sites excluding steroid dienone is 1. The maximum Gasteiger partial charge on any atom is 0.167 e. The first-order valence-corrected chi connectivity index (χ1v) is 8.42. The molecule has 0 unspecified atom stereocenters. The van der Waals surface area contributed by atoms with Gasteiger partial charge in [-0.25, -0.2) is 15.4 Å². The number of hydrazine groups is 1. The van der Waals surface area contributed by atoms with Crippen LogP contribution in [0.15, 0.2) is 53.8 Å². The molecule has 3 aromatic rings. The first kappa shape index (κ1) is 18.3. The van der Waals surface area contributed by atoms with Gasteiger partial charge in [-0.3, -0.25) is 15.0 Å². The highest BCUT2D eigenvalue weighted by Gasteiger charge is 2.14. The Bertz CT molecular complexity index is 996. The van der Waals surface area contributed by atoms with Crippen LogP contribution >= 0.6 is 0 Å². The number of anilines is 2. The molecule has 3 aromatic heterocycles. The van der Waals surface area contributed by atoms with Crippen molar-refractivity contribution in [2.45, 2.75) is 6.54 Å². The van der Waals surface area contributed by atoms with Crippen LogP contribution in [0.1, 0.15) is 11.4 Å². The summed E-state index contributed by atoms with van der Waals surface area (Å²) < 4.78 is 0. The maximum atomic E-state index is 6.17. The summed E-state index contributed by atoms with van der Waals surface area (Å²) in [7, 11) is 3.49. The first-order chi connectivity index (χ1) is 13.2. The van der Waals surface area contributed by atoms with Crippen molar-refractivity contribution in [3.8, 4) is 0 Å². The number of nitrogen functional groups attached to an aromatic ring is 1. The zero-order valence-corrected chi connectivity index (χ0v) is 15.3. The van der Waals surface area contributed by atoms with Gasteiger partial charge in [0, 0.05) is 38.3 Å². The van der Waals surface area contributed by atoms with E-state index < -0.39 is 0 Å². The van der Waals surface area contributed by atoms with Crippen molar-refractivity contribution in [1.82, 2.24) is 20.4 Å². The topological polar surface area (TPSA) is 118 Å². The lowest BCUT2D eigenvalue weighted by molar-refractivity contribution is 0.682. The van der Waals surface area contributed by atoms with Gasteiger partial charge in [-0.15, -0.1) is 0 Å². The second kappa shape index (κ2) is 8.24. The average molecular weight is 362 g/mol. The number of hydrogen-bond donors (Lipinski definition) is 3. The monoisotopic (exact) mass is 362 g/mol. The predicted molar refractivity (Wildman–Crippen MR) is 110 cm³/mol. The highest BCUT2D eigenvalue weighted by molar-refractivity contribution is 6.09. The summed E-state index contributed by atoms with van der Waals surface area (Å²) >= 11 is 0. The number of aliphatic imine (C=N–C) groups is 1. The molecule has 138 valence electrons. The molecule has 0 spiro atoms. The summed E-state index contributed by atoms with van der Waals surface area (Å²) in [6.07, 6.45) is 4.88. The molecule has 8 nitrogen and oxygen atoms in total. The number of hydrogen-bond acceptors (Lipinski definition) is 8. The molecule has 8 heteroatoms. The molecule has 0 aliphatic rings. The number of aromatic nitrogens is 3. The zero-order valence-electron chi connectivity index (χ0n) is 15.3. The number of rotatable bonds is 6. The molecule has 0 bridgehead atoms. The van der Waals surface area contributed by atoms with E-state index in [0.29, 0.717) is 29.3 Å². The molecule has 0 atom stereocenters. The Morgan fingerprint density at radius 2 is 2.04 bits per heavy atom. The van der Waals surface area contributed by atoms with Crippen molar-refractivity contribution < 1.29 is 0 Å². The predicted octanol–water partition coefficient (Wildman–Crippen LogP) is 1.75. The third kappa shape index (κ3) is 4.01. The van der Waals surface area contributed by atoms with Crippen LogP contribution < -0.4 is 21.9 Å². The smallest absolute Gasteiger partial charge is 0.167 e. The van der Waals surface area contributed by atoms with Crippen LogP contribution in [0.2, 0.25) is 0 Å². The Balaban J connectivity index is 1.94. The Hall–Kier alpha value is -3.52. The fraction of sp³-hybridized carbons (Fsp3) is 0.158. The molecule has 5 N–H and O–H groups in total. The van der Waals surface area contributed by atoms with E-state index in [-0.39, 0.29) is 0 Å². The van der Waals surface area contributed by atoms with Crippen LogP contribution in [0.5, 0.6) is 0 Å². The van der Waals surface area contributed by atoms with Crippen molar-refractivity contribution >= 4 is 34.3 Å². The summed E-state index contributed by atoms with van der Waals surface area (Å²) in [5, 5.41) is 1.83. The van der Waals surface area contributed by atoms with Crippen molar-refractivity contribution in [3.05, 3.63) is 60.2 Å². The van der Waals surface area contributed by atoms with Gasteiger partial charge >= 0.3 is 0 Å². The lowest BCUT2D eigenvalue weighted by atomic mass is 10.2. The van der Waals surface area contributed by atoms with Gasteiger partial charge in [-0.2, -0.15) is 0 Å². The number of nitrogens with two attached hydrogens (primary N) is 2. The second-order valence-corrected chi connectivity index (χ2v) is 5.77. The second-order valence-electron chi connectivity index (χ2n) is 5.77. The molecule has 0 aromatic carbocycles. The van der Waals surface area contributed by atoms with Crippen molar-refractivity contribution in [2.24, 2.45) is 10.7 Å². The zero-order chi connectivity index (χ0) is 19.2. The fourth-order valence-electron chi connectivity index (χ4n) is 2.68. The van der Waals surface area contributed by atoms with Crippen molar-refractivity contribution in [3.63, 3.8) is 0 Å². The summed E-state index contributed by atoms with van der Waals surface area (Å²) in [5.41, 5.74) is 19.5. The summed E-state index contributed by atoms with van der Waals surface area (Å²) in [6.45, 7) is 0.478. The Morgan fingerprint density at radius 1 is 1.19 bits per heavy atom. The minimum Gasteiger partial charge on any atom is -0.404 e. The van der Waals surface area contributed by atoms with Gasteiger partial charge in [0.25, 0.3) is 0 Å². The van der Waals surface area contributed by atoms with Crippen LogP contribution in [-0.4, -0.2) is 35.3 Å². The van der Waals surface area contributed by atoms with Crippen LogP contribution in [0.3, 0.4) is 0 Å². The van der Waals surface area contributed by atoms with E-state index in [1.165, 1.54) is 6.20 Å². The standard InChI is InChI=1S/C19H22N8/c1-22-11-13(10-20)16-8-6-15(21)19(26-16)27(23-2)12-14-5-7-17-18(25-14)4-3-9-24-17/h3-11,23H,12,20-21H2,1-2H3. The summed E-state index contributed by atoms with van der Waals surface area (Å²) in [4.78, 5) is 17.6. The largest absolute Gasteiger partial charge is 0.404 e. The molecule has 3 heterocycles. The first-order valence-electron chi connectivity index (χ1n) is 8.42. The van der Waals surface area contributed by atoms with Crippen LogP contribution in [0.25, 0.3) is 16.6 Å². The molecule has 0 amide bonds. The molecule has 27 heavy (non-hydrogen) atoms. The van der Waals surface area contributed by atoms with Crippen LogP contribution in [0.4, 0.5) is 11.5 Å². The van der Waals surface area contributed by atoms with Gasteiger partial charge in [-0.05, 0) is 36.4 Å². The van der Waals surface area contributed by atoms with Crippen molar-refractivity contribution in [2.75, 3.05) is 24.8 Å². The lowest BCUT2D eigenvalue weighted by Gasteiger charge is -2.24. The Morgan fingerprint density at radius 3 is 2.78 bits per heavy atom. The minimum absolute atomic E-state index is 0.478. The number of nitrogens with one attached hydrogen (secondary N) is 1. The average Bonchev–Trinajstić information content (AvgIpc) is 2.71. The summed E-state index contributed by atoms with van der Waals surface area (Å²) in [6, 6.07) is 11.3. The SMILES string of the molecule is CN=CC(=CN)c1ccc(N)c(N(Cc2ccc3ncccc3n2)NC)n1. The quantitative estimate of drug-likeness (QED) is 0.451. The minimum atomic E-state index is 0.478. The van der Waals surface area contributed by atoms with Gasteiger partial charge in [0.05, 0.1) is 34.7 Å². The molecule has 3 rings (SSSR count). The van der Waals surface area contributed by atoms with Gasteiger partial charge in [-0.1, -0.05) is 0 Å². The van der Waals surface area contributed by atoms with Gasteiger partial charge in [0.15, 0.2) is 5.82 Å². The van der Waals surface area contributed by atoms with Crippen LogP contribution in [0, 0.1) is 0 Å². The highest BCUT2D eigenvalue weighted by atomic mass is 15.5. The number of pyridine rings is 3. The molecular formula is C19H22N8. The molecule has 0 radical (unpaired) electrons. The number of fused-ring (bicyclic) bond motifs is 1. The van der Waals surface area contributed by atoms with E-state index in [9.17, 15) is 0 Å². The van der Waals surface area contributed by atoms with Crippen molar-refractivity contribution in [1.29, 1.82) is 0 Å². The molecule has 0 saturated heterocycles. The van der Waals surface area contributed by atoms with Gasteiger partial charge in [0.1, 0.15) is 0 Å². The normalized spacial score (nSPS) is 12.0. The summed E-state index contributed by atoms with van der Waals surface area (Å²) in [5.74, 6) is 0.590.